The van der Waals surface area contributed by atoms with Crippen LogP contribution in [0, 0.1) is 12.0 Å². The molecule has 0 aliphatic rings. The minimum atomic E-state index is -2.68. The molecule has 6 heteroatoms. The summed E-state index contributed by atoms with van der Waals surface area (Å²) in [6.07, 6.45) is 5.40. The number of rotatable bonds is 6. The van der Waals surface area contributed by atoms with Crippen LogP contribution in [0.4, 0.5) is 0 Å². The molecule has 1 atom stereocenters. The lowest BCUT2D eigenvalue weighted by molar-refractivity contribution is 0.138. The molecule has 0 aromatic carbocycles. The van der Waals surface area contributed by atoms with Gasteiger partial charge in [-0.1, -0.05) is 11.2 Å². The lowest BCUT2D eigenvalue weighted by atomic mass is 11.2. The Kier molecular flexibility index (Phi) is 6.04. The van der Waals surface area contributed by atoms with E-state index in [9.17, 15) is 0 Å². The molecule has 0 rings (SSSR count). The summed E-state index contributed by atoms with van der Waals surface area (Å²) in [5.74, 6) is 0. The van der Waals surface area contributed by atoms with E-state index in [0.717, 1.165) is 0 Å². The Morgan fingerprint density at radius 3 is 1.67 bits per heavy atom. The van der Waals surface area contributed by atoms with Gasteiger partial charge in [-0.3, -0.25) is 0 Å². The highest BCUT2D eigenvalue weighted by Crippen LogP contribution is 2.11. The number of hydrogen-bond acceptors (Lipinski definition) is 4. The van der Waals surface area contributed by atoms with Crippen molar-refractivity contribution in [3.8, 4) is 12.0 Å². The molecule has 0 aromatic heterocycles. The Morgan fingerprint density at radius 1 is 0.933 bits per heavy atom. The van der Waals surface area contributed by atoms with E-state index in [1.165, 1.54) is 0 Å². The van der Waals surface area contributed by atoms with Gasteiger partial charge in [0.05, 0.1) is 0 Å². The minimum absolute atomic E-state index is 1.55. The predicted octanol–water partition coefficient (Wildman–Crippen LogP) is 0.893. The van der Waals surface area contributed by atoms with Crippen molar-refractivity contribution in [2.24, 2.45) is 0 Å². The van der Waals surface area contributed by atoms with Gasteiger partial charge < -0.3 is 17.7 Å². The van der Waals surface area contributed by atoms with Gasteiger partial charge in [0.15, 0.2) is 0 Å². The van der Waals surface area contributed by atoms with Gasteiger partial charge in [0, 0.05) is 28.4 Å². The fourth-order valence-electron chi connectivity index (χ4n) is 0.890. The second-order valence-electron chi connectivity index (χ2n) is 3.00. The van der Waals surface area contributed by atoms with E-state index >= 15 is 0 Å². The summed E-state index contributed by atoms with van der Waals surface area (Å²) in [5, 5.41) is 0. The molecule has 0 aliphatic carbocycles. The quantitative estimate of drug-likeness (QED) is 0.515. The van der Waals surface area contributed by atoms with Crippen molar-refractivity contribution in [2.45, 2.75) is 6.55 Å². The molecule has 15 heavy (non-hydrogen) atoms. The second kappa shape index (κ2) is 6.22. The van der Waals surface area contributed by atoms with Gasteiger partial charge in [-0.2, -0.15) is 0 Å². The zero-order valence-corrected chi connectivity index (χ0v) is 11.9. The summed E-state index contributed by atoms with van der Waals surface area (Å²) in [7, 11) is 1.35. The Balaban J connectivity index is 4.82. The van der Waals surface area contributed by atoms with E-state index in [2.05, 4.69) is 5.54 Å². The molecule has 0 bridgehead atoms. The molecular formula is C9H18O4Si2. The molecule has 0 amide bonds. The summed E-state index contributed by atoms with van der Waals surface area (Å²) in [6, 6.07) is 0. The van der Waals surface area contributed by atoms with Crippen molar-refractivity contribution >= 4 is 17.1 Å². The maximum atomic E-state index is 5.40. The van der Waals surface area contributed by atoms with Crippen molar-refractivity contribution in [1.29, 1.82) is 0 Å². The normalized spacial score (nSPS) is 16.3. The van der Waals surface area contributed by atoms with Gasteiger partial charge in [0.25, 0.3) is 8.32 Å². The Morgan fingerprint density at radius 2 is 1.40 bits per heavy atom. The van der Waals surface area contributed by atoms with E-state index < -0.39 is 17.1 Å². The molecule has 0 radical (unpaired) electrons. The van der Waals surface area contributed by atoms with Gasteiger partial charge in [0.1, 0.15) is 0 Å². The molecule has 1 unspecified atom stereocenters. The van der Waals surface area contributed by atoms with Crippen LogP contribution in [0.2, 0.25) is 6.55 Å². The van der Waals surface area contributed by atoms with Crippen LogP contribution < -0.4 is 0 Å². The first-order valence-electron chi connectivity index (χ1n) is 4.40. The van der Waals surface area contributed by atoms with Crippen LogP contribution in [0.25, 0.3) is 0 Å². The maximum absolute atomic E-state index is 5.40. The molecule has 0 saturated carbocycles. The zero-order valence-electron chi connectivity index (χ0n) is 9.87. The third kappa shape index (κ3) is 3.91. The van der Waals surface area contributed by atoms with Crippen molar-refractivity contribution < 1.29 is 17.7 Å². The summed E-state index contributed by atoms with van der Waals surface area (Å²) >= 11 is 0. The first kappa shape index (κ1) is 14.6. The molecule has 86 valence electrons. The smallest absolute Gasteiger partial charge is 0.406 e. The average Bonchev–Trinajstić information content (AvgIpc) is 2.31. The highest BCUT2D eigenvalue weighted by atomic mass is 28.4. The van der Waals surface area contributed by atoms with Gasteiger partial charge in [-0.25, -0.2) is 0 Å². The molecule has 0 aromatic rings. The van der Waals surface area contributed by atoms with Gasteiger partial charge >= 0.3 is 8.80 Å². The van der Waals surface area contributed by atoms with E-state index in [-0.39, 0.29) is 0 Å². The number of terminal acetylenes is 1. The molecule has 0 aliphatic heterocycles. The average molecular weight is 246 g/mol. The van der Waals surface area contributed by atoms with Crippen LogP contribution >= 0.6 is 0 Å². The first-order chi connectivity index (χ1) is 7.01. The molecule has 0 fully saturated rings. The van der Waals surface area contributed by atoms with Gasteiger partial charge in [-0.05, 0) is 12.2 Å². The van der Waals surface area contributed by atoms with Crippen LogP contribution in [-0.2, 0) is 17.7 Å². The maximum Gasteiger partial charge on any atom is 0.528 e. The summed E-state index contributed by atoms with van der Waals surface area (Å²) in [4.78, 5) is 0. The van der Waals surface area contributed by atoms with E-state index in [1.807, 2.05) is 12.2 Å². The molecule has 0 saturated heterocycles. The Labute approximate surface area is 93.7 Å². The molecule has 0 heterocycles. The molecule has 0 N–H and O–H groups in total. The van der Waals surface area contributed by atoms with Crippen LogP contribution in [0.1, 0.15) is 0 Å². The molecule has 0 spiro atoms. The fraction of sp³-hybridized carbons (Fsp3) is 0.556. The third-order valence-electron chi connectivity index (χ3n) is 2.17. The topological polar surface area (TPSA) is 36.9 Å². The largest absolute Gasteiger partial charge is 0.528 e. The Bertz CT molecular complexity index is 249. The zero-order chi connectivity index (χ0) is 11.9. The van der Waals surface area contributed by atoms with Crippen LogP contribution in [0.5, 0.6) is 0 Å². The van der Waals surface area contributed by atoms with E-state index in [4.69, 9.17) is 24.1 Å². The van der Waals surface area contributed by atoms with Crippen LogP contribution in [0.3, 0.4) is 0 Å². The lowest BCUT2D eigenvalue weighted by Crippen LogP contribution is -2.42. The number of hydrogen-bond donors (Lipinski definition) is 0. The standard InChI is InChI=1S/C9H18O4Si2/c1-7-14(6,10-2)8-9-15(11-3,12-4)13-5/h1,8-9H,2-6H3. The summed E-state index contributed by atoms with van der Waals surface area (Å²) < 4.78 is 21.0. The minimum Gasteiger partial charge on any atom is -0.406 e. The fourth-order valence-corrected chi connectivity index (χ4v) is 4.24. The molecule has 4 nitrogen and oxygen atoms in total. The van der Waals surface area contributed by atoms with Crippen LogP contribution in [-0.4, -0.2) is 45.6 Å². The van der Waals surface area contributed by atoms with Gasteiger partial charge in [-0.15, -0.1) is 6.42 Å². The Hall–Kier alpha value is -0.426. The SMILES string of the molecule is C#C[Si](C)(C=C[Si](OC)(OC)OC)OC. The van der Waals surface area contributed by atoms with Crippen molar-refractivity contribution in [3.63, 3.8) is 0 Å². The molecular weight excluding hydrogens is 228 g/mol. The van der Waals surface area contributed by atoms with Crippen LogP contribution in [0.15, 0.2) is 11.4 Å². The summed E-state index contributed by atoms with van der Waals surface area (Å²) in [6.45, 7) is 1.91. The second-order valence-corrected chi connectivity index (χ2v) is 9.01. The van der Waals surface area contributed by atoms with E-state index in [0.29, 0.717) is 0 Å². The summed E-state index contributed by atoms with van der Waals surface area (Å²) in [5.41, 5.74) is 6.27. The first-order valence-corrected chi connectivity index (χ1v) is 8.69. The van der Waals surface area contributed by atoms with Crippen molar-refractivity contribution in [2.75, 3.05) is 28.4 Å². The van der Waals surface area contributed by atoms with E-state index in [1.54, 1.807) is 34.1 Å². The lowest BCUT2D eigenvalue weighted by Gasteiger charge is -2.22. The highest BCUT2D eigenvalue weighted by molar-refractivity contribution is 6.86. The van der Waals surface area contributed by atoms with Crippen molar-refractivity contribution in [3.05, 3.63) is 11.4 Å². The highest BCUT2D eigenvalue weighted by Gasteiger charge is 2.36. The third-order valence-corrected chi connectivity index (χ3v) is 7.01. The predicted molar refractivity (Wildman–Crippen MR) is 63.4 cm³/mol. The van der Waals surface area contributed by atoms with Crippen molar-refractivity contribution in [1.82, 2.24) is 0 Å². The monoisotopic (exact) mass is 246 g/mol. The van der Waals surface area contributed by atoms with Gasteiger partial charge in [0.2, 0.25) is 0 Å².